The van der Waals surface area contributed by atoms with Crippen LogP contribution in [0.25, 0.3) is 10.9 Å². The van der Waals surface area contributed by atoms with Crippen molar-refractivity contribution in [2.75, 3.05) is 6.54 Å². The summed E-state index contributed by atoms with van der Waals surface area (Å²) >= 11 is 0. The zero-order valence-corrected chi connectivity index (χ0v) is 10.9. The molecule has 2 heteroatoms. The lowest BCUT2D eigenvalue weighted by molar-refractivity contribution is 0.726. The minimum Gasteiger partial charge on any atom is -0.346 e. The molecule has 0 fully saturated rings. The molecule has 0 radical (unpaired) electrons. The van der Waals surface area contributed by atoms with Gasteiger partial charge in [-0.15, -0.1) is 0 Å². The largest absolute Gasteiger partial charge is 0.346 e. The summed E-state index contributed by atoms with van der Waals surface area (Å²) in [6.45, 7) is 6.00. The zero-order chi connectivity index (χ0) is 12.3. The van der Waals surface area contributed by atoms with Crippen molar-refractivity contribution in [3.63, 3.8) is 0 Å². The monoisotopic (exact) mass is 230 g/mol. The fourth-order valence-corrected chi connectivity index (χ4v) is 2.38. The quantitative estimate of drug-likeness (QED) is 0.840. The number of benzene rings is 1. The lowest BCUT2D eigenvalue weighted by Gasteiger charge is -2.02. The van der Waals surface area contributed by atoms with Gasteiger partial charge in [0.15, 0.2) is 0 Å². The molecule has 0 amide bonds. The number of unbranched alkanes of at least 4 members (excludes halogenated alkanes) is 1. The van der Waals surface area contributed by atoms with Crippen LogP contribution < -0.4 is 5.73 Å². The normalized spacial score (nSPS) is 11.2. The van der Waals surface area contributed by atoms with E-state index >= 15 is 0 Å². The van der Waals surface area contributed by atoms with Gasteiger partial charge in [0.25, 0.3) is 0 Å². The SMILES string of the molecule is CCCCc1cn(CCN)c2ccc(C)cc12. The minimum atomic E-state index is 0.699. The number of hydrogen-bond acceptors (Lipinski definition) is 1. The maximum absolute atomic E-state index is 5.67. The average Bonchev–Trinajstić information content (AvgIpc) is 2.65. The van der Waals surface area contributed by atoms with Crippen molar-refractivity contribution in [3.8, 4) is 0 Å². The first kappa shape index (κ1) is 12.2. The summed E-state index contributed by atoms with van der Waals surface area (Å²) < 4.78 is 2.29. The standard InChI is InChI=1S/C15H22N2/c1-3-4-5-13-11-17(9-8-16)15-7-6-12(2)10-14(13)15/h6-7,10-11H,3-5,8-9,16H2,1-2H3. The predicted octanol–water partition coefficient (Wildman–Crippen LogP) is 3.25. The van der Waals surface area contributed by atoms with Crippen LogP contribution in [0.1, 0.15) is 30.9 Å². The van der Waals surface area contributed by atoms with Crippen LogP contribution in [0, 0.1) is 6.92 Å². The Morgan fingerprint density at radius 1 is 1.29 bits per heavy atom. The molecule has 0 saturated carbocycles. The third-order valence-corrected chi connectivity index (χ3v) is 3.29. The molecule has 0 aliphatic carbocycles. The molecule has 2 aromatic rings. The van der Waals surface area contributed by atoms with Gasteiger partial charge < -0.3 is 10.3 Å². The fraction of sp³-hybridized carbons (Fsp3) is 0.467. The van der Waals surface area contributed by atoms with E-state index in [9.17, 15) is 0 Å². The van der Waals surface area contributed by atoms with Gasteiger partial charge in [-0.05, 0) is 37.5 Å². The zero-order valence-electron chi connectivity index (χ0n) is 10.9. The Bertz CT molecular complexity index is 497. The first-order chi connectivity index (χ1) is 8.26. The summed E-state index contributed by atoms with van der Waals surface area (Å²) in [5.41, 5.74) is 9.80. The maximum Gasteiger partial charge on any atom is 0.0483 e. The molecule has 1 aromatic heterocycles. The highest BCUT2D eigenvalue weighted by Crippen LogP contribution is 2.24. The van der Waals surface area contributed by atoms with E-state index in [1.54, 1.807) is 0 Å². The molecule has 2 nitrogen and oxygen atoms in total. The van der Waals surface area contributed by atoms with Gasteiger partial charge in [-0.3, -0.25) is 0 Å². The Morgan fingerprint density at radius 2 is 2.12 bits per heavy atom. The van der Waals surface area contributed by atoms with Crippen LogP contribution in [0.5, 0.6) is 0 Å². The summed E-state index contributed by atoms with van der Waals surface area (Å²) in [6, 6.07) is 6.70. The smallest absolute Gasteiger partial charge is 0.0483 e. The highest BCUT2D eigenvalue weighted by Gasteiger charge is 2.07. The number of aromatic nitrogens is 1. The van der Waals surface area contributed by atoms with Crippen molar-refractivity contribution < 1.29 is 0 Å². The van der Waals surface area contributed by atoms with Crippen LogP contribution in [-0.4, -0.2) is 11.1 Å². The van der Waals surface area contributed by atoms with Crippen molar-refractivity contribution in [1.82, 2.24) is 4.57 Å². The summed E-state index contributed by atoms with van der Waals surface area (Å²) in [5.74, 6) is 0. The van der Waals surface area contributed by atoms with E-state index in [1.807, 2.05) is 0 Å². The molecule has 1 aromatic carbocycles. The molecule has 0 unspecified atom stereocenters. The van der Waals surface area contributed by atoms with Crippen LogP contribution in [-0.2, 0) is 13.0 Å². The van der Waals surface area contributed by atoms with Gasteiger partial charge in [-0.2, -0.15) is 0 Å². The summed E-state index contributed by atoms with van der Waals surface area (Å²) in [6.07, 6.45) is 5.96. The van der Waals surface area contributed by atoms with Crippen LogP contribution in [0.3, 0.4) is 0 Å². The van der Waals surface area contributed by atoms with E-state index in [1.165, 1.54) is 41.3 Å². The molecule has 0 aliphatic heterocycles. The molecule has 2 N–H and O–H groups in total. The van der Waals surface area contributed by atoms with Crippen LogP contribution in [0.4, 0.5) is 0 Å². The molecule has 92 valence electrons. The van der Waals surface area contributed by atoms with Gasteiger partial charge in [-0.25, -0.2) is 0 Å². The number of aryl methyl sites for hydroxylation is 2. The Morgan fingerprint density at radius 3 is 2.82 bits per heavy atom. The second kappa shape index (κ2) is 5.37. The van der Waals surface area contributed by atoms with Gasteiger partial charge in [0.05, 0.1) is 0 Å². The minimum absolute atomic E-state index is 0.699. The number of hydrogen-bond donors (Lipinski definition) is 1. The Kier molecular flexibility index (Phi) is 3.85. The van der Waals surface area contributed by atoms with E-state index in [-0.39, 0.29) is 0 Å². The average molecular weight is 230 g/mol. The van der Waals surface area contributed by atoms with Crippen LogP contribution in [0.15, 0.2) is 24.4 Å². The Hall–Kier alpha value is -1.28. The highest BCUT2D eigenvalue weighted by atomic mass is 15.0. The molecular formula is C15H22N2. The van der Waals surface area contributed by atoms with E-state index in [0.29, 0.717) is 6.54 Å². The van der Waals surface area contributed by atoms with Crippen molar-refractivity contribution in [3.05, 3.63) is 35.5 Å². The number of rotatable bonds is 5. The van der Waals surface area contributed by atoms with Crippen molar-refractivity contribution in [2.24, 2.45) is 5.73 Å². The molecule has 0 saturated heterocycles. The van der Waals surface area contributed by atoms with E-state index in [2.05, 4.69) is 42.8 Å². The molecule has 0 spiro atoms. The van der Waals surface area contributed by atoms with Gasteiger partial charge >= 0.3 is 0 Å². The number of nitrogens with two attached hydrogens (primary N) is 1. The Balaban J connectivity index is 2.46. The van der Waals surface area contributed by atoms with Crippen LogP contribution in [0.2, 0.25) is 0 Å². The molecule has 2 rings (SSSR count). The predicted molar refractivity (Wildman–Crippen MR) is 74.3 cm³/mol. The molecule has 1 heterocycles. The number of nitrogens with zero attached hydrogens (tertiary/aromatic N) is 1. The van der Waals surface area contributed by atoms with Gasteiger partial charge in [-0.1, -0.05) is 25.0 Å². The molecule has 17 heavy (non-hydrogen) atoms. The number of fused-ring (bicyclic) bond motifs is 1. The molecular weight excluding hydrogens is 208 g/mol. The van der Waals surface area contributed by atoms with Crippen molar-refractivity contribution in [2.45, 2.75) is 39.7 Å². The highest BCUT2D eigenvalue weighted by molar-refractivity contribution is 5.84. The summed E-state index contributed by atoms with van der Waals surface area (Å²) in [5, 5.41) is 1.41. The van der Waals surface area contributed by atoms with Crippen molar-refractivity contribution >= 4 is 10.9 Å². The molecule has 0 bridgehead atoms. The lowest BCUT2D eigenvalue weighted by atomic mass is 10.1. The van der Waals surface area contributed by atoms with Gasteiger partial charge in [0.2, 0.25) is 0 Å². The Labute approximate surface area is 103 Å². The third-order valence-electron chi connectivity index (χ3n) is 3.29. The van der Waals surface area contributed by atoms with E-state index in [4.69, 9.17) is 5.73 Å². The first-order valence-electron chi connectivity index (χ1n) is 6.54. The maximum atomic E-state index is 5.67. The van der Waals surface area contributed by atoms with E-state index < -0.39 is 0 Å². The second-order valence-electron chi connectivity index (χ2n) is 4.76. The van der Waals surface area contributed by atoms with Gasteiger partial charge in [0, 0.05) is 30.2 Å². The molecule has 0 aliphatic rings. The first-order valence-corrected chi connectivity index (χ1v) is 6.54. The topological polar surface area (TPSA) is 30.9 Å². The fourth-order valence-electron chi connectivity index (χ4n) is 2.38. The summed E-state index contributed by atoms with van der Waals surface area (Å²) in [7, 11) is 0. The molecule has 0 atom stereocenters. The lowest BCUT2D eigenvalue weighted by Crippen LogP contribution is -2.08. The van der Waals surface area contributed by atoms with Crippen LogP contribution >= 0.6 is 0 Å². The van der Waals surface area contributed by atoms with Crippen molar-refractivity contribution in [1.29, 1.82) is 0 Å². The third kappa shape index (κ3) is 2.52. The van der Waals surface area contributed by atoms with E-state index in [0.717, 1.165) is 6.54 Å². The van der Waals surface area contributed by atoms with Gasteiger partial charge in [0.1, 0.15) is 0 Å². The second-order valence-corrected chi connectivity index (χ2v) is 4.76. The summed E-state index contributed by atoms with van der Waals surface area (Å²) in [4.78, 5) is 0.